The van der Waals surface area contributed by atoms with Crippen molar-refractivity contribution in [2.75, 3.05) is 11.9 Å². The van der Waals surface area contributed by atoms with Gasteiger partial charge in [0.2, 0.25) is 0 Å². The molecule has 31 heavy (non-hydrogen) atoms. The zero-order chi connectivity index (χ0) is 22.4. The topological polar surface area (TPSA) is 93.1 Å². The van der Waals surface area contributed by atoms with Crippen molar-refractivity contribution >= 4 is 23.3 Å². The number of hydrogen-bond acceptors (Lipinski definition) is 4. The molecule has 2 N–H and O–H groups in total. The summed E-state index contributed by atoms with van der Waals surface area (Å²) in [6, 6.07) is 13.8. The number of rotatable bonds is 8. The number of aryl methyl sites for hydroxylation is 2. The Labute approximate surface area is 181 Å². The first-order chi connectivity index (χ1) is 14.9. The van der Waals surface area contributed by atoms with E-state index in [-0.39, 0.29) is 22.9 Å². The van der Waals surface area contributed by atoms with Crippen molar-refractivity contribution in [1.29, 1.82) is 0 Å². The minimum atomic E-state index is -0.476. The Balaban J connectivity index is 1.90. The molecule has 0 saturated heterocycles. The third-order valence-corrected chi connectivity index (χ3v) is 4.81. The summed E-state index contributed by atoms with van der Waals surface area (Å²) in [4.78, 5) is 38.6. The Kier molecular flexibility index (Phi) is 6.97. The van der Waals surface area contributed by atoms with Crippen LogP contribution in [-0.2, 0) is 6.54 Å². The van der Waals surface area contributed by atoms with E-state index < -0.39 is 5.91 Å². The molecule has 0 bridgehead atoms. The smallest absolute Gasteiger partial charge is 0.273 e. The number of carbonyl (C=O) groups is 3. The molecule has 0 saturated carbocycles. The molecule has 7 nitrogen and oxygen atoms in total. The largest absolute Gasteiger partial charge is 0.351 e. The fourth-order valence-electron chi connectivity index (χ4n) is 3.09. The molecule has 2 amide bonds. The second kappa shape index (κ2) is 9.84. The highest BCUT2D eigenvalue weighted by molar-refractivity contribution is 6.18. The fourth-order valence-corrected chi connectivity index (χ4v) is 3.09. The lowest BCUT2D eigenvalue weighted by atomic mass is 9.97. The van der Waals surface area contributed by atoms with Crippen molar-refractivity contribution in [1.82, 2.24) is 15.1 Å². The summed E-state index contributed by atoms with van der Waals surface area (Å²) in [6.45, 7) is 6.85. The molecule has 7 heteroatoms. The first-order valence-corrected chi connectivity index (χ1v) is 10.3. The van der Waals surface area contributed by atoms with E-state index >= 15 is 0 Å². The zero-order valence-electron chi connectivity index (χ0n) is 17.9. The van der Waals surface area contributed by atoms with Crippen molar-refractivity contribution in [3.8, 4) is 0 Å². The summed E-state index contributed by atoms with van der Waals surface area (Å²) in [6.07, 6.45) is 2.40. The van der Waals surface area contributed by atoms with Gasteiger partial charge in [-0.15, -0.1) is 0 Å². The van der Waals surface area contributed by atoms with Gasteiger partial charge in [-0.2, -0.15) is 5.10 Å². The van der Waals surface area contributed by atoms with Crippen LogP contribution in [0.25, 0.3) is 0 Å². The van der Waals surface area contributed by atoms with Gasteiger partial charge in [0.25, 0.3) is 11.8 Å². The van der Waals surface area contributed by atoms with Crippen LogP contribution in [0.3, 0.4) is 0 Å². The van der Waals surface area contributed by atoms with E-state index in [1.54, 1.807) is 47.3 Å². The standard InChI is InChI=1S/C24H26N4O3/c1-4-14-25-24(31)21-20(15-28(5-2)27-21)26-23(30)19-9-7-6-8-18(19)22(29)17-12-10-16(3)11-13-17/h6-13,15H,4-5,14H2,1-3H3,(H,25,31)(H,26,30). The lowest BCUT2D eigenvalue weighted by Crippen LogP contribution is -2.26. The highest BCUT2D eigenvalue weighted by Crippen LogP contribution is 2.19. The Hall–Kier alpha value is -3.74. The molecule has 0 fully saturated rings. The molecule has 1 heterocycles. The molecule has 0 radical (unpaired) electrons. The zero-order valence-corrected chi connectivity index (χ0v) is 17.9. The van der Waals surface area contributed by atoms with Gasteiger partial charge in [-0.25, -0.2) is 0 Å². The predicted molar refractivity (Wildman–Crippen MR) is 120 cm³/mol. The quantitative estimate of drug-likeness (QED) is 0.544. The number of nitrogens with one attached hydrogen (secondary N) is 2. The average Bonchev–Trinajstić information content (AvgIpc) is 3.20. The van der Waals surface area contributed by atoms with Crippen LogP contribution in [0.4, 0.5) is 5.69 Å². The van der Waals surface area contributed by atoms with Crippen molar-refractivity contribution in [3.63, 3.8) is 0 Å². The van der Waals surface area contributed by atoms with Gasteiger partial charge in [0.15, 0.2) is 11.5 Å². The lowest BCUT2D eigenvalue weighted by Gasteiger charge is -2.10. The number of ketones is 1. The van der Waals surface area contributed by atoms with E-state index in [1.165, 1.54) is 0 Å². The monoisotopic (exact) mass is 418 g/mol. The van der Waals surface area contributed by atoms with Gasteiger partial charge in [0.05, 0.1) is 11.3 Å². The first-order valence-electron chi connectivity index (χ1n) is 10.3. The van der Waals surface area contributed by atoms with Gasteiger partial charge in [-0.1, -0.05) is 55.0 Å². The van der Waals surface area contributed by atoms with Gasteiger partial charge >= 0.3 is 0 Å². The van der Waals surface area contributed by atoms with Crippen molar-refractivity contribution < 1.29 is 14.4 Å². The maximum atomic E-state index is 13.1. The molecule has 0 spiro atoms. The van der Waals surface area contributed by atoms with Crippen LogP contribution in [0.15, 0.2) is 54.7 Å². The van der Waals surface area contributed by atoms with Crippen LogP contribution in [0.1, 0.15) is 62.6 Å². The molecule has 0 aliphatic rings. The van der Waals surface area contributed by atoms with E-state index in [0.29, 0.717) is 29.9 Å². The SMILES string of the molecule is CCCNC(=O)c1nn(CC)cc1NC(=O)c1ccccc1C(=O)c1ccc(C)cc1. The number of amides is 2. The molecule has 1 aromatic heterocycles. The Bertz CT molecular complexity index is 1100. The summed E-state index contributed by atoms with van der Waals surface area (Å²) >= 11 is 0. The molecule has 0 aliphatic heterocycles. The molecule has 2 aromatic carbocycles. The molecule has 160 valence electrons. The summed E-state index contributed by atoms with van der Waals surface area (Å²) in [5.41, 5.74) is 2.53. The van der Waals surface area contributed by atoms with E-state index in [9.17, 15) is 14.4 Å². The van der Waals surface area contributed by atoms with Crippen LogP contribution in [-0.4, -0.2) is 33.9 Å². The summed E-state index contributed by atoms with van der Waals surface area (Å²) < 4.78 is 1.58. The fraction of sp³-hybridized carbons (Fsp3) is 0.250. The van der Waals surface area contributed by atoms with Crippen LogP contribution < -0.4 is 10.6 Å². The Morgan fingerprint density at radius 2 is 1.61 bits per heavy atom. The Morgan fingerprint density at radius 3 is 2.26 bits per heavy atom. The molecular formula is C24H26N4O3. The molecule has 3 aromatic rings. The van der Waals surface area contributed by atoms with E-state index in [4.69, 9.17) is 0 Å². The third-order valence-electron chi connectivity index (χ3n) is 4.81. The number of aromatic nitrogens is 2. The van der Waals surface area contributed by atoms with Gasteiger partial charge in [-0.05, 0) is 26.3 Å². The summed E-state index contributed by atoms with van der Waals surface area (Å²) in [7, 11) is 0. The minimum absolute atomic E-state index is 0.144. The average molecular weight is 418 g/mol. The number of benzene rings is 2. The molecular weight excluding hydrogens is 392 g/mol. The normalized spacial score (nSPS) is 10.5. The van der Waals surface area contributed by atoms with E-state index in [2.05, 4.69) is 15.7 Å². The van der Waals surface area contributed by atoms with Gasteiger partial charge in [0.1, 0.15) is 0 Å². The highest BCUT2D eigenvalue weighted by Gasteiger charge is 2.22. The summed E-state index contributed by atoms with van der Waals surface area (Å²) in [5, 5.41) is 9.80. The number of anilines is 1. The maximum Gasteiger partial charge on any atom is 0.273 e. The second-order valence-corrected chi connectivity index (χ2v) is 7.20. The van der Waals surface area contributed by atoms with Crippen LogP contribution >= 0.6 is 0 Å². The van der Waals surface area contributed by atoms with Crippen LogP contribution in [0.5, 0.6) is 0 Å². The number of carbonyl (C=O) groups excluding carboxylic acids is 3. The Morgan fingerprint density at radius 1 is 0.935 bits per heavy atom. The predicted octanol–water partition coefficient (Wildman–Crippen LogP) is 3.83. The third kappa shape index (κ3) is 5.06. The van der Waals surface area contributed by atoms with Crippen molar-refractivity contribution in [3.05, 3.63) is 82.7 Å². The minimum Gasteiger partial charge on any atom is -0.351 e. The van der Waals surface area contributed by atoms with E-state index in [0.717, 1.165) is 12.0 Å². The number of nitrogens with zero attached hydrogens (tertiary/aromatic N) is 2. The highest BCUT2D eigenvalue weighted by atomic mass is 16.2. The molecule has 0 aliphatic carbocycles. The van der Waals surface area contributed by atoms with Crippen LogP contribution in [0.2, 0.25) is 0 Å². The van der Waals surface area contributed by atoms with Gasteiger partial charge in [0, 0.05) is 30.4 Å². The molecule has 3 rings (SSSR count). The second-order valence-electron chi connectivity index (χ2n) is 7.20. The van der Waals surface area contributed by atoms with Gasteiger partial charge in [-0.3, -0.25) is 19.1 Å². The lowest BCUT2D eigenvalue weighted by molar-refractivity contribution is 0.0948. The molecule has 0 atom stereocenters. The maximum absolute atomic E-state index is 13.1. The number of hydrogen-bond donors (Lipinski definition) is 2. The van der Waals surface area contributed by atoms with E-state index in [1.807, 2.05) is 32.9 Å². The van der Waals surface area contributed by atoms with Crippen LogP contribution in [0, 0.1) is 6.92 Å². The van der Waals surface area contributed by atoms with Crippen molar-refractivity contribution in [2.45, 2.75) is 33.7 Å². The summed E-state index contributed by atoms with van der Waals surface area (Å²) in [5.74, 6) is -1.07. The van der Waals surface area contributed by atoms with Crippen molar-refractivity contribution in [2.24, 2.45) is 0 Å². The first kappa shape index (κ1) is 22.0. The van der Waals surface area contributed by atoms with Gasteiger partial charge < -0.3 is 10.6 Å². The molecule has 0 unspecified atom stereocenters.